The Labute approximate surface area is 226 Å². The summed E-state index contributed by atoms with van der Waals surface area (Å²) in [7, 11) is -0.986. The van der Waals surface area contributed by atoms with E-state index >= 15 is 0 Å². The quantitative estimate of drug-likeness (QED) is 0.375. The van der Waals surface area contributed by atoms with Gasteiger partial charge in [0.15, 0.2) is 0 Å². The number of carbonyl (C=O) groups excluding carboxylic acids is 1. The molecule has 0 spiro atoms. The summed E-state index contributed by atoms with van der Waals surface area (Å²) in [6.07, 6.45) is 1.24. The van der Waals surface area contributed by atoms with Gasteiger partial charge in [-0.3, -0.25) is 14.4 Å². The highest BCUT2D eigenvalue weighted by Gasteiger charge is 2.26. The molecule has 3 aromatic rings. The van der Waals surface area contributed by atoms with Crippen molar-refractivity contribution in [3.05, 3.63) is 77.1 Å². The van der Waals surface area contributed by atoms with Crippen molar-refractivity contribution in [3.8, 4) is 11.5 Å². The van der Waals surface area contributed by atoms with E-state index in [0.717, 1.165) is 0 Å². The number of ether oxygens (including phenoxy) is 2. The molecule has 1 aliphatic heterocycles. The molecule has 0 saturated carbocycles. The van der Waals surface area contributed by atoms with Crippen LogP contribution >= 0.6 is 11.6 Å². The SMILES string of the molecule is COc1ccc(OC)c(NS(=O)(=O)c2ccc(NC(=O)C3CCN(Cc4c(F)cccc4Cl)CC3)cc2)c1. The third kappa shape index (κ3) is 6.56. The maximum absolute atomic E-state index is 14.1. The molecule has 1 amide bonds. The van der Waals surface area contributed by atoms with Crippen LogP contribution < -0.4 is 19.5 Å². The van der Waals surface area contributed by atoms with Gasteiger partial charge in [0.1, 0.15) is 17.3 Å². The van der Waals surface area contributed by atoms with Crippen molar-refractivity contribution < 1.29 is 27.1 Å². The average Bonchev–Trinajstić information content (AvgIpc) is 2.91. The Hall–Kier alpha value is -3.34. The van der Waals surface area contributed by atoms with E-state index < -0.39 is 10.0 Å². The zero-order valence-electron chi connectivity index (χ0n) is 21.0. The molecule has 8 nitrogen and oxygen atoms in total. The third-order valence-corrected chi connectivity index (χ3v) is 8.22. The number of rotatable bonds is 9. The topological polar surface area (TPSA) is 97.0 Å². The zero-order valence-corrected chi connectivity index (χ0v) is 22.6. The number of sulfonamides is 1. The molecule has 38 heavy (non-hydrogen) atoms. The molecule has 0 aliphatic carbocycles. The maximum Gasteiger partial charge on any atom is 0.262 e. The minimum atomic E-state index is -3.91. The number of amides is 1. The van der Waals surface area contributed by atoms with Crippen LogP contribution in [-0.2, 0) is 21.4 Å². The molecule has 0 atom stereocenters. The number of halogens is 2. The molecule has 2 N–H and O–H groups in total. The van der Waals surface area contributed by atoms with E-state index in [0.29, 0.717) is 60.2 Å². The second kappa shape index (κ2) is 12.0. The number of methoxy groups -OCH3 is 2. The standard InChI is InChI=1S/C27H29ClFN3O5S/c1-36-20-8-11-26(37-2)25(16-20)31-38(34,35)21-9-6-19(7-10-21)30-27(33)18-12-14-32(15-13-18)17-22-23(28)4-3-5-24(22)29/h3-11,16,18,31H,12-15,17H2,1-2H3,(H,30,33). The van der Waals surface area contributed by atoms with Gasteiger partial charge in [0.2, 0.25) is 5.91 Å². The van der Waals surface area contributed by atoms with Gasteiger partial charge in [-0.1, -0.05) is 17.7 Å². The minimum absolute atomic E-state index is 0.0282. The van der Waals surface area contributed by atoms with E-state index in [9.17, 15) is 17.6 Å². The molecule has 3 aromatic carbocycles. The molecule has 1 saturated heterocycles. The first-order chi connectivity index (χ1) is 18.2. The molecule has 0 aromatic heterocycles. The van der Waals surface area contributed by atoms with Crippen molar-refractivity contribution in [1.29, 1.82) is 0 Å². The second-order valence-electron chi connectivity index (χ2n) is 8.94. The summed E-state index contributed by atoms with van der Waals surface area (Å²) in [5.41, 5.74) is 1.20. The summed E-state index contributed by atoms with van der Waals surface area (Å²) in [6.45, 7) is 1.67. The van der Waals surface area contributed by atoms with E-state index in [1.165, 1.54) is 38.5 Å². The van der Waals surface area contributed by atoms with Crippen LogP contribution in [0.15, 0.2) is 65.6 Å². The lowest BCUT2D eigenvalue weighted by atomic mass is 9.95. The van der Waals surface area contributed by atoms with E-state index in [2.05, 4.69) is 14.9 Å². The van der Waals surface area contributed by atoms with Crippen LogP contribution in [0.2, 0.25) is 5.02 Å². The summed E-state index contributed by atoms with van der Waals surface area (Å²) in [4.78, 5) is 14.9. The van der Waals surface area contributed by atoms with E-state index in [1.807, 2.05) is 0 Å². The molecule has 0 bridgehead atoms. The fourth-order valence-corrected chi connectivity index (χ4v) is 5.60. The first kappa shape index (κ1) is 27.7. The maximum atomic E-state index is 14.1. The number of piperidine rings is 1. The van der Waals surface area contributed by atoms with Gasteiger partial charge in [0, 0.05) is 34.8 Å². The number of hydrogen-bond acceptors (Lipinski definition) is 6. The molecule has 1 fully saturated rings. The largest absolute Gasteiger partial charge is 0.497 e. The lowest BCUT2D eigenvalue weighted by Gasteiger charge is -2.31. The summed E-state index contributed by atoms with van der Waals surface area (Å²) < 4.78 is 52.9. The monoisotopic (exact) mass is 561 g/mol. The van der Waals surface area contributed by atoms with Crippen LogP contribution in [0.5, 0.6) is 11.5 Å². The van der Waals surface area contributed by atoms with Crippen molar-refractivity contribution in [3.63, 3.8) is 0 Å². The Balaban J connectivity index is 1.34. The fourth-order valence-electron chi connectivity index (χ4n) is 4.32. The summed E-state index contributed by atoms with van der Waals surface area (Å²) >= 11 is 6.14. The lowest BCUT2D eigenvalue weighted by molar-refractivity contribution is -0.121. The van der Waals surface area contributed by atoms with Crippen molar-refractivity contribution in [2.24, 2.45) is 5.92 Å². The van der Waals surface area contributed by atoms with Crippen LogP contribution in [0, 0.1) is 11.7 Å². The van der Waals surface area contributed by atoms with Gasteiger partial charge in [-0.15, -0.1) is 0 Å². The normalized spacial score (nSPS) is 14.6. The van der Waals surface area contributed by atoms with Crippen molar-refractivity contribution in [1.82, 2.24) is 4.90 Å². The molecule has 11 heteroatoms. The van der Waals surface area contributed by atoms with Crippen LogP contribution in [0.4, 0.5) is 15.8 Å². The van der Waals surface area contributed by atoms with Gasteiger partial charge < -0.3 is 14.8 Å². The van der Waals surface area contributed by atoms with Gasteiger partial charge in [-0.2, -0.15) is 0 Å². The Kier molecular flexibility index (Phi) is 8.76. The van der Waals surface area contributed by atoms with Crippen molar-refractivity contribution in [2.45, 2.75) is 24.3 Å². The Morgan fingerprint density at radius 2 is 1.76 bits per heavy atom. The minimum Gasteiger partial charge on any atom is -0.497 e. The van der Waals surface area contributed by atoms with Crippen LogP contribution in [0.25, 0.3) is 0 Å². The molecule has 1 aliphatic rings. The van der Waals surface area contributed by atoms with Crippen molar-refractivity contribution >= 4 is 38.9 Å². The van der Waals surface area contributed by atoms with Gasteiger partial charge in [-0.25, -0.2) is 12.8 Å². The predicted octanol–water partition coefficient (Wildman–Crippen LogP) is 5.15. The Morgan fingerprint density at radius 3 is 2.39 bits per heavy atom. The second-order valence-corrected chi connectivity index (χ2v) is 11.0. The van der Waals surface area contributed by atoms with Gasteiger partial charge in [-0.05, 0) is 74.5 Å². The molecule has 0 radical (unpaired) electrons. The Morgan fingerprint density at radius 1 is 1.05 bits per heavy atom. The number of hydrogen-bond donors (Lipinski definition) is 2. The molecule has 1 heterocycles. The number of nitrogens with one attached hydrogen (secondary N) is 2. The number of nitrogens with zero attached hydrogens (tertiary/aromatic N) is 1. The summed E-state index contributed by atoms with van der Waals surface area (Å²) in [5, 5.41) is 3.26. The lowest BCUT2D eigenvalue weighted by Crippen LogP contribution is -2.38. The first-order valence-corrected chi connectivity index (χ1v) is 13.9. The smallest absolute Gasteiger partial charge is 0.262 e. The van der Waals surface area contributed by atoms with E-state index in [1.54, 1.807) is 36.4 Å². The highest BCUT2D eigenvalue weighted by molar-refractivity contribution is 7.92. The number of benzene rings is 3. The van der Waals surface area contributed by atoms with E-state index in [-0.39, 0.29) is 28.2 Å². The number of likely N-dealkylation sites (tertiary alicyclic amines) is 1. The molecule has 4 rings (SSSR count). The number of carbonyl (C=O) groups is 1. The summed E-state index contributed by atoms with van der Waals surface area (Å²) in [6, 6.07) is 15.4. The van der Waals surface area contributed by atoms with Gasteiger partial charge in [0.05, 0.1) is 24.8 Å². The molecular formula is C27H29ClFN3O5S. The van der Waals surface area contributed by atoms with Crippen LogP contribution in [-0.4, -0.2) is 46.5 Å². The summed E-state index contributed by atoms with van der Waals surface area (Å²) in [5.74, 6) is 0.154. The first-order valence-electron chi connectivity index (χ1n) is 12.0. The highest BCUT2D eigenvalue weighted by atomic mass is 35.5. The predicted molar refractivity (Wildman–Crippen MR) is 145 cm³/mol. The Bertz CT molecular complexity index is 1370. The average molecular weight is 562 g/mol. The van der Waals surface area contributed by atoms with Crippen LogP contribution in [0.3, 0.4) is 0 Å². The zero-order chi connectivity index (χ0) is 27.3. The van der Waals surface area contributed by atoms with Crippen molar-refractivity contribution in [2.75, 3.05) is 37.3 Å². The van der Waals surface area contributed by atoms with Gasteiger partial charge in [0.25, 0.3) is 10.0 Å². The molecule has 202 valence electrons. The molecular weight excluding hydrogens is 533 g/mol. The van der Waals surface area contributed by atoms with E-state index in [4.69, 9.17) is 21.1 Å². The van der Waals surface area contributed by atoms with Gasteiger partial charge >= 0.3 is 0 Å². The fraction of sp³-hybridized carbons (Fsp3) is 0.296. The third-order valence-electron chi connectivity index (χ3n) is 6.48. The van der Waals surface area contributed by atoms with Crippen LogP contribution in [0.1, 0.15) is 18.4 Å². The number of anilines is 2. The molecule has 0 unspecified atom stereocenters. The highest BCUT2D eigenvalue weighted by Crippen LogP contribution is 2.31.